The first-order valence-corrected chi connectivity index (χ1v) is 10.5. The second-order valence-corrected chi connectivity index (χ2v) is 9.86. The Morgan fingerprint density at radius 3 is 2.73 bits per heavy atom. The molecule has 2 saturated carbocycles. The first-order valence-electron chi connectivity index (χ1n) is 9.61. The Morgan fingerprint density at radius 1 is 1.31 bits per heavy atom. The third-order valence-electron chi connectivity index (χ3n) is 7.67. The topological polar surface area (TPSA) is 77.8 Å². The van der Waals surface area contributed by atoms with Gasteiger partial charge in [0.25, 0.3) is 0 Å². The lowest BCUT2D eigenvalue weighted by atomic mass is 9.51. The third kappa shape index (κ3) is 2.54. The van der Waals surface area contributed by atoms with Crippen molar-refractivity contribution in [2.75, 3.05) is 0 Å². The first kappa shape index (κ1) is 18.3. The minimum absolute atomic E-state index is 0.0267. The molecule has 2 fully saturated rings. The molecule has 2 unspecified atom stereocenters. The number of benzene rings is 1. The molecule has 3 aliphatic rings. The lowest BCUT2D eigenvalue weighted by molar-refractivity contribution is -0.138. The van der Waals surface area contributed by atoms with Gasteiger partial charge in [-0.1, -0.05) is 22.9 Å². The number of carboxylic acid groups (broad SMARTS) is 1. The van der Waals surface area contributed by atoms with Crippen molar-refractivity contribution >= 4 is 21.9 Å². The van der Waals surface area contributed by atoms with Crippen molar-refractivity contribution in [2.24, 2.45) is 23.2 Å². The highest BCUT2D eigenvalue weighted by atomic mass is 79.9. The zero-order chi connectivity index (χ0) is 18.8. The number of aliphatic hydroxyl groups is 1. The van der Waals surface area contributed by atoms with Gasteiger partial charge in [0, 0.05) is 0 Å². The zero-order valence-electron chi connectivity index (χ0n) is 15.3. The molecule has 0 radical (unpaired) electrons. The van der Waals surface area contributed by atoms with Gasteiger partial charge in [0.2, 0.25) is 0 Å². The van der Waals surface area contributed by atoms with Crippen molar-refractivity contribution in [1.82, 2.24) is 0 Å². The smallest absolute Gasteiger partial charge is 0.317 e. The summed E-state index contributed by atoms with van der Waals surface area (Å²) in [6.07, 6.45) is 4.13. The molecule has 0 aliphatic heterocycles. The number of rotatable bonds is 2. The van der Waals surface area contributed by atoms with Crippen molar-refractivity contribution in [3.8, 4) is 5.75 Å². The molecule has 4 rings (SSSR count). The molecule has 1 aromatic rings. The van der Waals surface area contributed by atoms with Gasteiger partial charge in [-0.25, -0.2) is 0 Å². The highest BCUT2D eigenvalue weighted by molar-refractivity contribution is 9.10. The number of fused-ring (bicyclic) bond motifs is 5. The molecule has 5 heteroatoms. The Morgan fingerprint density at radius 2 is 2.04 bits per heavy atom. The highest BCUT2D eigenvalue weighted by Crippen LogP contribution is 2.63. The average molecular weight is 423 g/mol. The molecule has 7 atom stereocenters. The van der Waals surface area contributed by atoms with E-state index in [0.29, 0.717) is 18.3 Å². The number of aliphatic hydroxyl groups excluding tert-OH is 1. The van der Waals surface area contributed by atoms with Gasteiger partial charge in [-0.2, -0.15) is 0 Å². The zero-order valence-corrected chi connectivity index (χ0v) is 16.9. The van der Waals surface area contributed by atoms with E-state index in [4.69, 9.17) is 0 Å². The molecule has 0 saturated heterocycles. The summed E-state index contributed by atoms with van der Waals surface area (Å²) in [6, 6.07) is 3.65. The number of aryl methyl sites for hydroxylation is 1. The number of carbonyl (C=O) groups is 1. The van der Waals surface area contributed by atoms with Gasteiger partial charge in [0.05, 0.1) is 6.10 Å². The molecule has 0 spiro atoms. The van der Waals surface area contributed by atoms with Crippen LogP contribution in [0.1, 0.15) is 55.2 Å². The minimum Gasteiger partial charge on any atom is -0.508 e. The Kier molecular flexibility index (Phi) is 4.39. The van der Waals surface area contributed by atoms with Crippen molar-refractivity contribution in [2.45, 2.75) is 62.8 Å². The van der Waals surface area contributed by atoms with Crippen LogP contribution in [0, 0.1) is 30.1 Å². The quantitative estimate of drug-likeness (QED) is 0.629. The molecule has 0 bridgehead atoms. The van der Waals surface area contributed by atoms with Crippen LogP contribution in [0.3, 0.4) is 0 Å². The lowest BCUT2D eigenvalue weighted by Crippen LogP contribution is -2.50. The molecule has 0 heterocycles. The van der Waals surface area contributed by atoms with Crippen LogP contribution in [0.15, 0.2) is 12.1 Å². The summed E-state index contributed by atoms with van der Waals surface area (Å²) in [5.41, 5.74) is 3.42. The van der Waals surface area contributed by atoms with E-state index in [-0.39, 0.29) is 29.1 Å². The molecule has 3 aliphatic carbocycles. The average Bonchev–Trinajstić information content (AvgIpc) is 2.88. The second-order valence-electron chi connectivity index (χ2n) is 8.87. The SMILES string of the molecule is Cc1cc(O)cc2c1[C@H]1CC[C@]3(C)[C@@H](O)CC[C@H]3[C@@H]1C(C(Br)C(=O)O)C2. The van der Waals surface area contributed by atoms with Gasteiger partial charge >= 0.3 is 5.97 Å². The molecule has 4 nitrogen and oxygen atoms in total. The monoisotopic (exact) mass is 422 g/mol. The van der Waals surface area contributed by atoms with E-state index in [1.54, 1.807) is 0 Å². The summed E-state index contributed by atoms with van der Waals surface area (Å²) in [7, 11) is 0. The number of halogens is 1. The predicted molar refractivity (Wildman–Crippen MR) is 103 cm³/mol. The van der Waals surface area contributed by atoms with Crippen molar-refractivity contribution in [1.29, 1.82) is 0 Å². The molecule has 1 aromatic carbocycles. The van der Waals surface area contributed by atoms with Crippen molar-refractivity contribution < 1.29 is 20.1 Å². The fourth-order valence-electron chi connectivity index (χ4n) is 6.52. The summed E-state index contributed by atoms with van der Waals surface area (Å²) >= 11 is 3.46. The molecule has 3 N–H and O–H groups in total. The minimum atomic E-state index is -0.820. The van der Waals surface area contributed by atoms with Crippen LogP contribution in [0.5, 0.6) is 5.75 Å². The Balaban J connectivity index is 1.84. The maximum Gasteiger partial charge on any atom is 0.317 e. The molecular weight excluding hydrogens is 396 g/mol. The molecule has 0 aromatic heterocycles. The van der Waals surface area contributed by atoms with Gasteiger partial charge in [-0.15, -0.1) is 0 Å². The molecular formula is C21H27BrO4. The van der Waals surface area contributed by atoms with E-state index in [2.05, 4.69) is 29.8 Å². The number of carboxylic acids is 1. The van der Waals surface area contributed by atoms with Crippen LogP contribution < -0.4 is 0 Å². The number of phenolic OH excluding ortho intramolecular Hbond substituents is 1. The Labute approximate surface area is 162 Å². The van der Waals surface area contributed by atoms with Crippen molar-refractivity contribution in [3.63, 3.8) is 0 Å². The van der Waals surface area contributed by atoms with E-state index >= 15 is 0 Å². The maximum atomic E-state index is 11.8. The fourth-order valence-corrected chi connectivity index (χ4v) is 7.06. The second kappa shape index (κ2) is 6.23. The van der Waals surface area contributed by atoms with Crippen LogP contribution in [0.2, 0.25) is 0 Å². The van der Waals surface area contributed by atoms with Gasteiger partial charge in [-0.05, 0) is 96.9 Å². The van der Waals surface area contributed by atoms with Crippen LogP contribution >= 0.6 is 15.9 Å². The van der Waals surface area contributed by atoms with E-state index in [9.17, 15) is 20.1 Å². The number of aliphatic carboxylic acids is 1. The van der Waals surface area contributed by atoms with E-state index in [1.165, 1.54) is 5.56 Å². The number of alkyl halides is 1. The van der Waals surface area contributed by atoms with Crippen LogP contribution in [-0.4, -0.2) is 32.2 Å². The van der Waals surface area contributed by atoms with Gasteiger partial charge in [0.15, 0.2) is 0 Å². The summed E-state index contributed by atoms with van der Waals surface area (Å²) in [4.78, 5) is 11.2. The highest BCUT2D eigenvalue weighted by Gasteiger charge is 2.58. The summed E-state index contributed by atoms with van der Waals surface area (Å²) < 4.78 is 0. The standard InChI is InChI=1S/C21H27BrO4/c1-10-7-12(23)8-11-9-14(19(22)20(25)26)18-13(17(10)11)5-6-21(2)15(18)3-4-16(21)24/h7-8,13-16,18-19,23-24H,3-6,9H2,1-2H3,(H,25,26)/t13-,14?,15+,16+,18+,19?,21+/m1/s1. The Hall–Kier alpha value is -1.07. The predicted octanol–water partition coefficient (Wildman–Crippen LogP) is 3.99. The third-order valence-corrected chi connectivity index (χ3v) is 8.74. The van der Waals surface area contributed by atoms with E-state index in [0.717, 1.165) is 36.8 Å². The van der Waals surface area contributed by atoms with Crippen LogP contribution in [-0.2, 0) is 11.2 Å². The maximum absolute atomic E-state index is 11.8. The number of hydrogen-bond acceptors (Lipinski definition) is 3. The Bertz CT molecular complexity index is 748. The summed E-state index contributed by atoms with van der Waals surface area (Å²) in [5.74, 6) is 0.328. The fraction of sp³-hybridized carbons (Fsp3) is 0.667. The number of aromatic hydroxyl groups is 1. The molecule has 0 amide bonds. The van der Waals surface area contributed by atoms with Crippen LogP contribution in [0.4, 0.5) is 0 Å². The lowest BCUT2D eigenvalue weighted by Gasteiger charge is -2.53. The van der Waals surface area contributed by atoms with E-state index < -0.39 is 10.8 Å². The van der Waals surface area contributed by atoms with Gasteiger partial charge < -0.3 is 15.3 Å². The first-order chi connectivity index (χ1) is 12.2. The molecule has 26 heavy (non-hydrogen) atoms. The van der Waals surface area contributed by atoms with Crippen LogP contribution in [0.25, 0.3) is 0 Å². The van der Waals surface area contributed by atoms with Gasteiger partial charge in [-0.3, -0.25) is 4.79 Å². The van der Waals surface area contributed by atoms with E-state index in [1.807, 2.05) is 12.1 Å². The summed E-state index contributed by atoms with van der Waals surface area (Å²) in [6.45, 7) is 4.25. The number of hydrogen-bond donors (Lipinski definition) is 3. The van der Waals surface area contributed by atoms with Crippen molar-refractivity contribution in [3.05, 3.63) is 28.8 Å². The number of phenols is 1. The largest absolute Gasteiger partial charge is 0.508 e. The van der Waals surface area contributed by atoms with Gasteiger partial charge in [0.1, 0.15) is 10.6 Å². The summed E-state index contributed by atoms with van der Waals surface area (Å²) in [5, 5.41) is 30.4. The normalized spacial score (nSPS) is 39.6. The molecule has 142 valence electrons.